The molecule has 3 N–H and O–H groups in total. The van der Waals surface area contributed by atoms with Crippen LogP contribution < -0.4 is 10.1 Å². The van der Waals surface area contributed by atoms with Gasteiger partial charge in [-0.15, -0.1) is 0 Å². The second kappa shape index (κ2) is 2.87. The van der Waals surface area contributed by atoms with Crippen LogP contribution in [-0.4, -0.2) is 28.9 Å². The van der Waals surface area contributed by atoms with Crippen LogP contribution in [0.5, 0.6) is 11.5 Å². The van der Waals surface area contributed by atoms with Gasteiger partial charge in [-0.3, -0.25) is 0 Å². The zero-order chi connectivity index (χ0) is 10.5. The Morgan fingerprint density at radius 3 is 2.87 bits per heavy atom. The highest BCUT2D eigenvalue weighted by molar-refractivity contribution is 5.47. The summed E-state index contributed by atoms with van der Waals surface area (Å²) in [4.78, 5) is 0. The summed E-state index contributed by atoms with van der Waals surface area (Å²) in [6, 6.07) is 5.09. The third-order valence-electron chi connectivity index (χ3n) is 3.16. The van der Waals surface area contributed by atoms with Crippen molar-refractivity contribution < 1.29 is 14.9 Å². The number of aliphatic hydroxyl groups is 1. The maximum Gasteiger partial charge on any atom is 0.136 e. The van der Waals surface area contributed by atoms with E-state index < -0.39 is 6.10 Å². The molecule has 0 unspecified atom stereocenters. The van der Waals surface area contributed by atoms with Gasteiger partial charge in [0.05, 0.1) is 11.7 Å². The molecule has 2 heterocycles. The number of hydrogen-bond acceptors (Lipinski definition) is 4. The first kappa shape index (κ1) is 9.00. The van der Waals surface area contributed by atoms with Crippen LogP contribution in [-0.2, 0) is 0 Å². The van der Waals surface area contributed by atoms with Crippen LogP contribution in [0.1, 0.15) is 18.1 Å². The number of fused-ring (bicyclic) bond motifs is 1. The van der Waals surface area contributed by atoms with Gasteiger partial charge < -0.3 is 20.3 Å². The zero-order valence-electron chi connectivity index (χ0n) is 8.23. The molecule has 0 aromatic heterocycles. The van der Waals surface area contributed by atoms with E-state index in [4.69, 9.17) is 4.74 Å². The Kier molecular flexibility index (Phi) is 1.72. The molecule has 1 fully saturated rings. The van der Waals surface area contributed by atoms with E-state index >= 15 is 0 Å². The van der Waals surface area contributed by atoms with E-state index in [-0.39, 0.29) is 11.4 Å². The first-order chi connectivity index (χ1) is 7.20. The Morgan fingerprint density at radius 1 is 1.40 bits per heavy atom. The maximum absolute atomic E-state index is 9.98. The Hall–Kier alpha value is -1.26. The zero-order valence-corrected chi connectivity index (χ0v) is 8.23. The van der Waals surface area contributed by atoms with Gasteiger partial charge in [0, 0.05) is 19.5 Å². The third kappa shape index (κ3) is 1.22. The summed E-state index contributed by atoms with van der Waals surface area (Å²) in [5.41, 5.74) is 0.259. The normalized spacial score (nSPS) is 26.6. The molecule has 0 bridgehead atoms. The minimum atomic E-state index is -0.628. The van der Waals surface area contributed by atoms with Crippen molar-refractivity contribution in [2.24, 2.45) is 0 Å². The summed E-state index contributed by atoms with van der Waals surface area (Å²) in [5.74, 6) is 0.720. The van der Waals surface area contributed by atoms with Gasteiger partial charge in [0.1, 0.15) is 17.1 Å². The lowest BCUT2D eigenvalue weighted by atomic mass is 9.84. The SMILES string of the molecule is Oc1cccc2c1[C@H](O)CC1(CNC1)O2. The van der Waals surface area contributed by atoms with Crippen LogP contribution >= 0.6 is 0 Å². The number of phenolic OH excluding ortho intramolecular Hbond substituents is 1. The minimum Gasteiger partial charge on any atom is -0.507 e. The molecule has 4 heteroatoms. The van der Waals surface area contributed by atoms with E-state index in [1.807, 2.05) is 0 Å². The quantitative estimate of drug-likeness (QED) is 0.581. The summed E-state index contributed by atoms with van der Waals surface area (Å²) in [7, 11) is 0. The topological polar surface area (TPSA) is 61.7 Å². The van der Waals surface area contributed by atoms with Crippen molar-refractivity contribution in [2.75, 3.05) is 13.1 Å². The summed E-state index contributed by atoms with van der Waals surface area (Å²) < 4.78 is 5.82. The van der Waals surface area contributed by atoms with E-state index in [9.17, 15) is 10.2 Å². The molecule has 2 aliphatic rings. The lowest BCUT2D eigenvalue weighted by molar-refractivity contribution is -0.0490. The van der Waals surface area contributed by atoms with Gasteiger partial charge >= 0.3 is 0 Å². The van der Waals surface area contributed by atoms with Crippen molar-refractivity contribution in [3.8, 4) is 11.5 Å². The summed E-state index contributed by atoms with van der Waals surface area (Å²) in [5, 5.41) is 22.7. The molecule has 0 radical (unpaired) electrons. The predicted octanol–water partition coefficient (Wildman–Crippen LogP) is 0.550. The Bertz CT molecular complexity index is 401. The van der Waals surface area contributed by atoms with Crippen LogP contribution in [0, 0.1) is 0 Å². The van der Waals surface area contributed by atoms with E-state index in [1.165, 1.54) is 0 Å². The molecule has 0 saturated carbocycles. The molecule has 1 spiro atoms. The number of rotatable bonds is 0. The molecule has 1 atom stereocenters. The largest absolute Gasteiger partial charge is 0.507 e. The molecule has 1 aromatic carbocycles. The van der Waals surface area contributed by atoms with E-state index in [2.05, 4.69) is 5.32 Å². The van der Waals surface area contributed by atoms with Crippen molar-refractivity contribution >= 4 is 0 Å². The second-order valence-corrected chi connectivity index (χ2v) is 4.30. The molecular formula is C11H13NO3. The maximum atomic E-state index is 9.98. The lowest BCUT2D eigenvalue weighted by Crippen LogP contribution is -2.64. The van der Waals surface area contributed by atoms with Gasteiger partial charge in [0.2, 0.25) is 0 Å². The third-order valence-corrected chi connectivity index (χ3v) is 3.16. The van der Waals surface area contributed by atoms with Crippen LogP contribution in [0.4, 0.5) is 0 Å². The predicted molar refractivity (Wildman–Crippen MR) is 53.9 cm³/mol. The van der Waals surface area contributed by atoms with E-state index in [1.54, 1.807) is 18.2 Å². The number of benzene rings is 1. The highest BCUT2D eigenvalue weighted by Gasteiger charge is 2.46. The standard InChI is InChI=1S/C11H13NO3/c13-7-2-1-3-9-10(7)8(14)4-11(15-9)5-12-6-11/h1-3,8,12-14H,4-6H2/t8-/m1/s1. The number of phenols is 1. The van der Waals surface area contributed by atoms with Gasteiger partial charge in [0.15, 0.2) is 0 Å². The first-order valence-corrected chi connectivity index (χ1v) is 5.10. The molecular weight excluding hydrogens is 194 g/mol. The van der Waals surface area contributed by atoms with E-state index in [0.717, 1.165) is 13.1 Å². The summed E-state index contributed by atoms with van der Waals surface area (Å²) >= 11 is 0. The smallest absolute Gasteiger partial charge is 0.136 e. The second-order valence-electron chi connectivity index (χ2n) is 4.30. The molecule has 1 aromatic rings. The van der Waals surface area contributed by atoms with Crippen molar-refractivity contribution in [1.82, 2.24) is 5.32 Å². The van der Waals surface area contributed by atoms with Crippen molar-refractivity contribution in [3.05, 3.63) is 23.8 Å². The molecule has 0 aliphatic carbocycles. The molecule has 1 saturated heterocycles. The molecule has 3 rings (SSSR count). The Balaban J connectivity index is 2.04. The Labute approximate surface area is 87.5 Å². The van der Waals surface area contributed by atoms with Gasteiger partial charge in [-0.05, 0) is 12.1 Å². The fourth-order valence-corrected chi connectivity index (χ4v) is 2.31. The monoisotopic (exact) mass is 207 g/mol. The molecule has 80 valence electrons. The van der Waals surface area contributed by atoms with Crippen molar-refractivity contribution in [2.45, 2.75) is 18.1 Å². The molecule has 15 heavy (non-hydrogen) atoms. The summed E-state index contributed by atoms with van der Waals surface area (Å²) in [6.07, 6.45) is -0.0815. The molecule has 4 nitrogen and oxygen atoms in total. The molecule has 0 amide bonds. The van der Waals surface area contributed by atoms with Gasteiger partial charge in [-0.25, -0.2) is 0 Å². The first-order valence-electron chi connectivity index (χ1n) is 5.10. The number of ether oxygens (including phenoxy) is 1. The van der Waals surface area contributed by atoms with Crippen LogP contribution in [0.3, 0.4) is 0 Å². The van der Waals surface area contributed by atoms with Crippen molar-refractivity contribution in [1.29, 1.82) is 0 Å². The fourth-order valence-electron chi connectivity index (χ4n) is 2.31. The lowest BCUT2D eigenvalue weighted by Gasteiger charge is -2.47. The number of nitrogens with one attached hydrogen (secondary N) is 1. The van der Waals surface area contributed by atoms with Crippen molar-refractivity contribution in [3.63, 3.8) is 0 Å². The van der Waals surface area contributed by atoms with Gasteiger partial charge in [-0.1, -0.05) is 6.07 Å². The van der Waals surface area contributed by atoms with Crippen LogP contribution in [0.15, 0.2) is 18.2 Å². The van der Waals surface area contributed by atoms with Gasteiger partial charge in [-0.2, -0.15) is 0 Å². The highest BCUT2D eigenvalue weighted by Crippen LogP contribution is 2.44. The number of aliphatic hydroxyl groups excluding tert-OH is 1. The summed E-state index contributed by atoms with van der Waals surface area (Å²) in [6.45, 7) is 1.53. The highest BCUT2D eigenvalue weighted by atomic mass is 16.5. The van der Waals surface area contributed by atoms with Crippen LogP contribution in [0.2, 0.25) is 0 Å². The van der Waals surface area contributed by atoms with E-state index in [0.29, 0.717) is 17.7 Å². The number of aromatic hydroxyl groups is 1. The van der Waals surface area contributed by atoms with Crippen LogP contribution in [0.25, 0.3) is 0 Å². The average Bonchev–Trinajstić information content (AvgIpc) is 2.14. The number of hydrogen-bond donors (Lipinski definition) is 3. The fraction of sp³-hybridized carbons (Fsp3) is 0.455. The van der Waals surface area contributed by atoms with Gasteiger partial charge in [0.25, 0.3) is 0 Å². The minimum absolute atomic E-state index is 0.113. The Morgan fingerprint density at radius 2 is 2.20 bits per heavy atom. The molecule has 2 aliphatic heterocycles. The average molecular weight is 207 g/mol.